The second-order valence-corrected chi connectivity index (χ2v) is 5.20. The summed E-state index contributed by atoms with van der Waals surface area (Å²) in [4.78, 5) is 10.3. The van der Waals surface area contributed by atoms with Crippen LogP contribution in [0.15, 0.2) is 12.4 Å². The fourth-order valence-corrected chi connectivity index (χ4v) is 1.79. The Morgan fingerprint density at radius 2 is 2.06 bits per heavy atom. The van der Waals surface area contributed by atoms with Gasteiger partial charge in [-0.05, 0) is 19.5 Å². The molecule has 1 rings (SSSR count). The van der Waals surface area contributed by atoms with Crippen LogP contribution in [0.25, 0.3) is 0 Å². The zero-order valence-corrected chi connectivity index (χ0v) is 11.3. The number of hydrogen-bond acceptors (Lipinski definition) is 5. The lowest BCUT2D eigenvalue weighted by Gasteiger charge is -2.28. The Balaban J connectivity index is 2.54. The summed E-state index contributed by atoms with van der Waals surface area (Å²) in [5, 5.41) is 3.31. The minimum atomic E-state index is 0.182. The van der Waals surface area contributed by atoms with E-state index in [-0.39, 0.29) is 5.41 Å². The third-order valence-corrected chi connectivity index (χ3v) is 2.34. The summed E-state index contributed by atoms with van der Waals surface area (Å²) in [7, 11) is 5.76. The van der Waals surface area contributed by atoms with E-state index >= 15 is 0 Å². The highest BCUT2D eigenvalue weighted by molar-refractivity contribution is 5.37. The van der Waals surface area contributed by atoms with Gasteiger partial charge in [0.25, 0.3) is 0 Å². The standard InChI is InChI=1S/C12H22N4O/c1-12(2,8-16(3)4)7-13-10-6-11(17-5)15-9-14-10/h6,9H,7-8H2,1-5H3,(H,13,14,15). The Kier molecular flexibility index (Phi) is 4.69. The van der Waals surface area contributed by atoms with Crippen LogP contribution in [0.3, 0.4) is 0 Å². The van der Waals surface area contributed by atoms with E-state index < -0.39 is 0 Å². The minimum Gasteiger partial charge on any atom is -0.481 e. The third kappa shape index (κ3) is 4.99. The fourth-order valence-electron chi connectivity index (χ4n) is 1.79. The maximum absolute atomic E-state index is 5.05. The predicted molar refractivity (Wildman–Crippen MR) is 69.4 cm³/mol. The number of methoxy groups -OCH3 is 1. The van der Waals surface area contributed by atoms with Gasteiger partial charge in [0.15, 0.2) is 0 Å². The summed E-state index contributed by atoms with van der Waals surface area (Å²) < 4.78 is 5.05. The zero-order valence-electron chi connectivity index (χ0n) is 11.3. The molecular weight excluding hydrogens is 216 g/mol. The van der Waals surface area contributed by atoms with Gasteiger partial charge in [-0.25, -0.2) is 9.97 Å². The number of nitrogens with one attached hydrogen (secondary N) is 1. The van der Waals surface area contributed by atoms with Crippen molar-refractivity contribution in [3.05, 3.63) is 12.4 Å². The van der Waals surface area contributed by atoms with Gasteiger partial charge in [0, 0.05) is 19.2 Å². The normalized spacial score (nSPS) is 11.6. The molecule has 0 aliphatic heterocycles. The molecule has 0 amide bonds. The Morgan fingerprint density at radius 1 is 1.35 bits per heavy atom. The smallest absolute Gasteiger partial charge is 0.218 e. The van der Waals surface area contributed by atoms with E-state index in [1.165, 1.54) is 6.33 Å². The average Bonchev–Trinajstić information content (AvgIpc) is 2.25. The Hall–Kier alpha value is -1.36. The van der Waals surface area contributed by atoms with Gasteiger partial charge in [0.05, 0.1) is 7.11 Å². The van der Waals surface area contributed by atoms with Crippen molar-refractivity contribution in [2.24, 2.45) is 5.41 Å². The molecule has 1 N–H and O–H groups in total. The van der Waals surface area contributed by atoms with E-state index in [0.29, 0.717) is 5.88 Å². The third-order valence-electron chi connectivity index (χ3n) is 2.34. The van der Waals surface area contributed by atoms with E-state index in [9.17, 15) is 0 Å². The van der Waals surface area contributed by atoms with Gasteiger partial charge in [0.1, 0.15) is 12.1 Å². The first-order valence-corrected chi connectivity index (χ1v) is 5.67. The maximum atomic E-state index is 5.05. The lowest BCUT2D eigenvalue weighted by Crippen LogP contribution is -2.34. The molecule has 0 fully saturated rings. The van der Waals surface area contributed by atoms with Crippen LogP contribution in [0.4, 0.5) is 5.82 Å². The van der Waals surface area contributed by atoms with Gasteiger partial charge in [-0.1, -0.05) is 13.8 Å². The van der Waals surface area contributed by atoms with Crippen LogP contribution in [0.1, 0.15) is 13.8 Å². The van der Waals surface area contributed by atoms with E-state index in [4.69, 9.17) is 4.74 Å². The Morgan fingerprint density at radius 3 is 2.65 bits per heavy atom. The van der Waals surface area contributed by atoms with Crippen molar-refractivity contribution in [2.75, 3.05) is 39.6 Å². The SMILES string of the molecule is COc1cc(NCC(C)(C)CN(C)C)ncn1. The van der Waals surface area contributed by atoms with Crippen molar-refractivity contribution in [3.8, 4) is 5.88 Å². The topological polar surface area (TPSA) is 50.3 Å². The summed E-state index contributed by atoms with van der Waals surface area (Å²) >= 11 is 0. The summed E-state index contributed by atoms with van der Waals surface area (Å²) in [6.45, 7) is 6.31. The molecule has 0 unspecified atom stereocenters. The van der Waals surface area contributed by atoms with Crippen molar-refractivity contribution in [2.45, 2.75) is 13.8 Å². The van der Waals surface area contributed by atoms with Gasteiger partial charge < -0.3 is 15.0 Å². The number of ether oxygens (including phenoxy) is 1. The van der Waals surface area contributed by atoms with Gasteiger partial charge in [-0.15, -0.1) is 0 Å². The molecule has 0 aliphatic rings. The lowest BCUT2D eigenvalue weighted by molar-refractivity contribution is 0.254. The second-order valence-electron chi connectivity index (χ2n) is 5.20. The summed E-state index contributed by atoms with van der Waals surface area (Å²) in [5.74, 6) is 1.37. The molecule has 1 aromatic heterocycles. The van der Waals surface area contributed by atoms with Gasteiger partial charge >= 0.3 is 0 Å². The molecule has 0 aliphatic carbocycles. The van der Waals surface area contributed by atoms with Crippen LogP contribution in [-0.2, 0) is 0 Å². The highest BCUT2D eigenvalue weighted by Gasteiger charge is 2.18. The van der Waals surface area contributed by atoms with Crippen LogP contribution >= 0.6 is 0 Å². The van der Waals surface area contributed by atoms with E-state index in [0.717, 1.165) is 18.9 Å². The first-order valence-electron chi connectivity index (χ1n) is 5.67. The van der Waals surface area contributed by atoms with Crippen molar-refractivity contribution in [1.82, 2.24) is 14.9 Å². The minimum absolute atomic E-state index is 0.182. The molecule has 0 saturated carbocycles. The van der Waals surface area contributed by atoms with Crippen LogP contribution in [-0.4, -0.2) is 49.2 Å². The Labute approximate surface area is 103 Å². The predicted octanol–water partition coefficient (Wildman–Crippen LogP) is 1.48. The van der Waals surface area contributed by atoms with Gasteiger partial charge in [-0.3, -0.25) is 0 Å². The molecule has 1 heterocycles. The molecule has 96 valence electrons. The van der Waals surface area contributed by atoms with Crippen LogP contribution < -0.4 is 10.1 Å². The molecule has 0 radical (unpaired) electrons. The molecule has 0 saturated heterocycles. The molecule has 0 aromatic carbocycles. The maximum Gasteiger partial charge on any atom is 0.218 e. The highest BCUT2D eigenvalue weighted by Crippen LogP contribution is 2.17. The highest BCUT2D eigenvalue weighted by atomic mass is 16.5. The van der Waals surface area contributed by atoms with Crippen molar-refractivity contribution in [3.63, 3.8) is 0 Å². The molecular formula is C12H22N4O. The molecule has 0 bridgehead atoms. The number of rotatable bonds is 6. The average molecular weight is 238 g/mol. The lowest BCUT2D eigenvalue weighted by atomic mass is 9.93. The molecule has 0 spiro atoms. The van der Waals surface area contributed by atoms with E-state index in [1.807, 2.05) is 0 Å². The summed E-state index contributed by atoms with van der Waals surface area (Å²) in [6.07, 6.45) is 1.50. The molecule has 17 heavy (non-hydrogen) atoms. The zero-order chi connectivity index (χ0) is 12.9. The molecule has 5 heteroatoms. The molecule has 0 atom stereocenters. The largest absolute Gasteiger partial charge is 0.481 e. The van der Waals surface area contributed by atoms with Crippen LogP contribution in [0.2, 0.25) is 0 Å². The monoisotopic (exact) mass is 238 g/mol. The molecule has 5 nitrogen and oxygen atoms in total. The number of aromatic nitrogens is 2. The quantitative estimate of drug-likeness (QED) is 0.813. The first kappa shape index (κ1) is 13.7. The molecule has 1 aromatic rings. The second kappa shape index (κ2) is 5.82. The van der Waals surface area contributed by atoms with Crippen molar-refractivity contribution in [1.29, 1.82) is 0 Å². The van der Waals surface area contributed by atoms with Crippen LogP contribution in [0, 0.1) is 5.41 Å². The van der Waals surface area contributed by atoms with E-state index in [2.05, 4.69) is 48.1 Å². The van der Waals surface area contributed by atoms with Crippen LogP contribution in [0.5, 0.6) is 5.88 Å². The Bertz CT molecular complexity index is 352. The summed E-state index contributed by atoms with van der Waals surface area (Å²) in [5.41, 5.74) is 0.182. The van der Waals surface area contributed by atoms with Gasteiger partial charge in [0.2, 0.25) is 5.88 Å². The first-order chi connectivity index (χ1) is 7.93. The number of hydrogen-bond donors (Lipinski definition) is 1. The van der Waals surface area contributed by atoms with Crippen molar-refractivity contribution < 1.29 is 4.74 Å². The van der Waals surface area contributed by atoms with Gasteiger partial charge in [-0.2, -0.15) is 0 Å². The fraction of sp³-hybridized carbons (Fsp3) is 0.667. The summed E-state index contributed by atoms with van der Waals surface area (Å²) in [6, 6.07) is 1.80. The van der Waals surface area contributed by atoms with E-state index in [1.54, 1.807) is 13.2 Å². The number of anilines is 1. The van der Waals surface area contributed by atoms with Crippen molar-refractivity contribution >= 4 is 5.82 Å². The number of nitrogens with zero attached hydrogens (tertiary/aromatic N) is 3.